The topological polar surface area (TPSA) is 82.9 Å². The first-order chi connectivity index (χ1) is 10.2. The molecule has 2 N–H and O–H groups in total. The minimum absolute atomic E-state index is 0.496. The van der Waals surface area contributed by atoms with Crippen molar-refractivity contribution in [2.45, 2.75) is 13.8 Å². The number of rotatable bonds is 5. The Balaban J connectivity index is 2.40. The van der Waals surface area contributed by atoms with Gasteiger partial charge in [0.1, 0.15) is 23.3 Å². The summed E-state index contributed by atoms with van der Waals surface area (Å²) < 4.78 is 5.30. The van der Waals surface area contributed by atoms with Crippen molar-refractivity contribution in [1.29, 1.82) is 5.26 Å². The van der Waals surface area contributed by atoms with Crippen LogP contribution < -0.4 is 15.4 Å². The molecule has 108 valence electrons. The highest BCUT2D eigenvalue weighted by Gasteiger charge is 2.10. The Bertz CT molecular complexity index is 678. The zero-order chi connectivity index (χ0) is 15.2. The highest BCUT2D eigenvalue weighted by molar-refractivity contribution is 5.72. The molecule has 0 amide bonds. The fourth-order valence-electron chi connectivity index (χ4n) is 1.92. The normalized spacial score (nSPS) is 9.81. The quantitative estimate of drug-likeness (QED) is 0.878. The van der Waals surface area contributed by atoms with Crippen molar-refractivity contribution in [1.82, 2.24) is 9.97 Å². The van der Waals surface area contributed by atoms with Crippen LogP contribution in [-0.4, -0.2) is 23.6 Å². The van der Waals surface area contributed by atoms with Gasteiger partial charge in [-0.15, -0.1) is 0 Å². The van der Waals surface area contributed by atoms with E-state index < -0.39 is 0 Å². The monoisotopic (exact) mass is 283 g/mol. The van der Waals surface area contributed by atoms with Gasteiger partial charge in [0.15, 0.2) is 0 Å². The maximum Gasteiger partial charge on any atom is 0.224 e. The Morgan fingerprint density at radius 1 is 1.33 bits per heavy atom. The number of ether oxygens (including phenoxy) is 1. The highest BCUT2D eigenvalue weighted by Crippen LogP contribution is 2.30. The summed E-state index contributed by atoms with van der Waals surface area (Å²) in [7, 11) is 1.57. The summed E-state index contributed by atoms with van der Waals surface area (Å²) in [5, 5.41) is 15.4. The minimum atomic E-state index is 0.496. The van der Waals surface area contributed by atoms with E-state index >= 15 is 0 Å². The molecule has 0 aliphatic heterocycles. The Labute approximate surface area is 123 Å². The van der Waals surface area contributed by atoms with Gasteiger partial charge in [0.25, 0.3) is 0 Å². The molecule has 1 aromatic carbocycles. The van der Waals surface area contributed by atoms with Crippen molar-refractivity contribution in [3.8, 4) is 11.8 Å². The van der Waals surface area contributed by atoms with E-state index in [1.165, 1.54) is 0 Å². The molecule has 0 bridgehead atoms. The van der Waals surface area contributed by atoms with Gasteiger partial charge in [-0.1, -0.05) is 6.07 Å². The molecule has 21 heavy (non-hydrogen) atoms. The molecule has 2 aromatic rings. The van der Waals surface area contributed by atoms with Gasteiger partial charge >= 0.3 is 0 Å². The van der Waals surface area contributed by atoms with E-state index in [-0.39, 0.29) is 0 Å². The summed E-state index contributed by atoms with van der Waals surface area (Å²) >= 11 is 0. The van der Waals surface area contributed by atoms with Crippen molar-refractivity contribution in [2.75, 3.05) is 24.3 Å². The third-order valence-corrected chi connectivity index (χ3v) is 2.81. The lowest BCUT2D eigenvalue weighted by molar-refractivity contribution is 0.416. The molecule has 0 radical (unpaired) electrons. The molecule has 2 rings (SSSR count). The first kappa shape index (κ1) is 14.6. The fraction of sp³-hybridized carbons (Fsp3) is 0.267. The lowest BCUT2D eigenvalue weighted by Crippen LogP contribution is -2.06. The summed E-state index contributed by atoms with van der Waals surface area (Å²) in [6.45, 7) is 4.61. The van der Waals surface area contributed by atoms with Crippen LogP contribution in [0, 0.1) is 18.3 Å². The zero-order valence-electron chi connectivity index (χ0n) is 12.3. The predicted molar refractivity (Wildman–Crippen MR) is 81.9 cm³/mol. The lowest BCUT2D eigenvalue weighted by atomic mass is 10.1. The van der Waals surface area contributed by atoms with Crippen molar-refractivity contribution in [3.05, 3.63) is 35.5 Å². The Hall–Kier alpha value is -2.81. The molecule has 0 fully saturated rings. The number of benzene rings is 1. The fourth-order valence-corrected chi connectivity index (χ4v) is 1.92. The number of aryl methyl sites for hydroxylation is 1. The summed E-state index contributed by atoms with van der Waals surface area (Å²) in [5.74, 6) is 1.75. The molecule has 0 unspecified atom stereocenters. The molecule has 6 nitrogen and oxygen atoms in total. The Morgan fingerprint density at radius 3 is 2.81 bits per heavy atom. The summed E-state index contributed by atoms with van der Waals surface area (Å²) in [5.41, 5.74) is 1.93. The van der Waals surface area contributed by atoms with Crippen LogP contribution in [0.2, 0.25) is 0 Å². The second-order valence-electron chi connectivity index (χ2n) is 4.37. The number of nitrogens with zero attached hydrogens (tertiary/aromatic N) is 3. The maximum atomic E-state index is 9.22. The van der Waals surface area contributed by atoms with E-state index in [1.54, 1.807) is 25.3 Å². The highest BCUT2D eigenvalue weighted by atomic mass is 16.5. The zero-order valence-corrected chi connectivity index (χ0v) is 12.3. The van der Waals surface area contributed by atoms with E-state index in [0.29, 0.717) is 28.8 Å². The number of aromatic nitrogens is 2. The van der Waals surface area contributed by atoms with E-state index in [9.17, 15) is 5.26 Å². The van der Waals surface area contributed by atoms with E-state index in [1.807, 2.05) is 19.9 Å². The van der Waals surface area contributed by atoms with Gasteiger partial charge in [-0.3, -0.25) is 0 Å². The molecule has 0 spiro atoms. The number of methoxy groups -OCH3 is 1. The van der Waals surface area contributed by atoms with Gasteiger partial charge < -0.3 is 15.4 Å². The predicted octanol–water partition coefficient (Wildman–Crippen LogP) is 2.84. The molecule has 0 atom stereocenters. The molecular weight excluding hydrogens is 266 g/mol. The molecule has 0 aliphatic rings. The number of hydrogen-bond donors (Lipinski definition) is 2. The van der Waals surface area contributed by atoms with Crippen LogP contribution in [0.4, 0.5) is 17.5 Å². The summed E-state index contributed by atoms with van der Waals surface area (Å²) in [6, 6.07) is 9.25. The summed E-state index contributed by atoms with van der Waals surface area (Å²) in [6.07, 6.45) is 0. The number of nitrogens with one attached hydrogen (secondary N) is 2. The van der Waals surface area contributed by atoms with Crippen molar-refractivity contribution in [3.63, 3.8) is 0 Å². The summed E-state index contributed by atoms with van der Waals surface area (Å²) in [4.78, 5) is 8.66. The van der Waals surface area contributed by atoms with Gasteiger partial charge in [0.2, 0.25) is 5.95 Å². The van der Waals surface area contributed by atoms with Crippen LogP contribution in [0.25, 0.3) is 0 Å². The molecule has 1 heterocycles. The van der Waals surface area contributed by atoms with Gasteiger partial charge in [-0.2, -0.15) is 10.2 Å². The average Bonchev–Trinajstić information content (AvgIpc) is 2.47. The third-order valence-electron chi connectivity index (χ3n) is 2.81. The van der Waals surface area contributed by atoms with Crippen LogP contribution in [0.15, 0.2) is 24.3 Å². The number of hydrogen-bond acceptors (Lipinski definition) is 6. The van der Waals surface area contributed by atoms with Gasteiger partial charge in [-0.05, 0) is 26.0 Å². The van der Waals surface area contributed by atoms with Crippen LogP contribution in [0.5, 0.6) is 5.75 Å². The van der Waals surface area contributed by atoms with Crippen LogP contribution in [-0.2, 0) is 0 Å². The van der Waals surface area contributed by atoms with E-state index in [4.69, 9.17) is 4.74 Å². The van der Waals surface area contributed by atoms with Crippen molar-refractivity contribution < 1.29 is 4.74 Å². The van der Waals surface area contributed by atoms with Crippen molar-refractivity contribution in [2.24, 2.45) is 0 Å². The van der Waals surface area contributed by atoms with Crippen LogP contribution in [0.1, 0.15) is 18.2 Å². The Kier molecular flexibility index (Phi) is 4.57. The number of nitriles is 1. The van der Waals surface area contributed by atoms with Crippen LogP contribution in [0.3, 0.4) is 0 Å². The largest absolute Gasteiger partial charge is 0.495 e. The minimum Gasteiger partial charge on any atom is -0.495 e. The van der Waals surface area contributed by atoms with Crippen molar-refractivity contribution >= 4 is 17.5 Å². The number of para-hydroxylation sites is 1. The third kappa shape index (κ3) is 3.39. The maximum absolute atomic E-state index is 9.22. The smallest absolute Gasteiger partial charge is 0.224 e. The first-order valence-corrected chi connectivity index (χ1v) is 6.61. The molecule has 0 saturated heterocycles. The van der Waals surface area contributed by atoms with Gasteiger partial charge in [0, 0.05) is 18.3 Å². The molecular formula is C15H17N5O. The standard InChI is InChI=1S/C15H17N5O/c1-4-17-15-18-10(2)8-13(20-15)19-14-11(9-16)6-5-7-12(14)21-3/h5-8H,4H2,1-3H3,(H2,17,18,19,20). The average molecular weight is 283 g/mol. The van der Waals surface area contributed by atoms with Gasteiger partial charge in [0.05, 0.1) is 12.7 Å². The SMILES string of the molecule is CCNc1nc(C)cc(Nc2c(C#N)cccc2OC)n1. The first-order valence-electron chi connectivity index (χ1n) is 6.61. The molecule has 0 saturated carbocycles. The number of anilines is 3. The van der Waals surface area contributed by atoms with Gasteiger partial charge in [-0.25, -0.2) is 4.98 Å². The molecule has 6 heteroatoms. The Morgan fingerprint density at radius 2 is 2.14 bits per heavy atom. The van der Waals surface area contributed by atoms with E-state index in [2.05, 4.69) is 26.7 Å². The van der Waals surface area contributed by atoms with E-state index in [0.717, 1.165) is 12.2 Å². The second kappa shape index (κ2) is 6.57. The molecule has 0 aliphatic carbocycles. The lowest BCUT2D eigenvalue weighted by Gasteiger charge is -2.13. The van der Waals surface area contributed by atoms with Crippen LogP contribution >= 0.6 is 0 Å². The second-order valence-corrected chi connectivity index (χ2v) is 4.37. The molecule has 1 aromatic heterocycles.